The van der Waals surface area contributed by atoms with Crippen LogP contribution in [0.25, 0.3) is 0 Å². The molecule has 0 atom stereocenters. The largest absolute Gasteiger partial charge is 0.356 e. The highest BCUT2D eigenvalue weighted by Gasteiger charge is 1.97. The Kier molecular flexibility index (Phi) is 7.47. The van der Waals surface area contributed by atoms with Crippen LogP contribution in [0.3, 0.4) is 0 Å². The lowest BCUT2D eigenvalue weighted by molar-refractivity contribution is -0.121. The van der Waals surface area contributed by atoms with Crippen molar-refractivity contribution >= 4 is 5.91 Å². The number of rotatable bonds is 6. The van der Waals surface area contributed by atoms with E-state index >= 15 is 0 Å². The summed E-state index contributed by atoms with van der Waals surface area (Å²) in [5.74, 6) is 2.68. The van der Waals surface area contributed by atoms with Gasteiger partial charge in [-0.05, 0) is 12.8 Å². The van der Waals surface area contributed by atoms with Crippen LogP contribution >= 0.6 is 0 Å². The zero-order valence-corrected chi connectivity index (χ0v) is 7.73. The molecule has 12 heavy (non-hydrogen) atoms. The van der Waals surface area contributed by atoms with Crippen molar-refractivity contribution in [3.63, 3.8) is 0 Å². The van der Waals surface area contributed by atoms with Gasteiger partial charge < -0.3 is 5.32 Å². The number of unbranched alkanes of at least 4 members (excludes halogenated alkanes) is 2. The van der Waals surface area contributed by atoms with E-state index in [1.165, 1.54) is 0 Å². The van der Waals surface area contributed by atoms with E-state index in [1.807, 2.05) is 0 Å². The molecule has 2 nitrogen and oxygen atoms in total. The van der Waals surface area contributed by atoms with Crippen LogP contribution in [-0.2, 0) is 4.79 Å². The molecule has 0 bridgehead atoms. The topological polar surface area (TPSA) is 29.1 Å². The second kappa shape index (κ2) is 8.13. The monoisotopic (exact) mass is 167 g/mol. The lowest BCUT2D eigenvalue weighted by Crippen LogP contribution is -2.23. The summed E-state index contributed by atoms with van der Waals surface area (Å²) in [5, 5.41) is 2.82. The average molecular weight is 167 g/mol. The highest BCUT2D eigenvalue weighted by molar-refractivity contribution is 5.75. The first kappa shape index (κ1) is 11.0. The Balaban J connectivity index is 3.15. The maximum Gasteiger partial charge on any atom is 0.219 e. The summed E-state index contributed by atoms with van der Waals surface area (Å²) in [6, 6.07) is 0. The summed E-state index contributed by atoms with van der Waals surface area (Å²) in [6.07, 6.45) is 9.38. The quantitative estimate of drug-likeness (QED) is 0.473. The Morgan fingerprint density at radius 3 is 2.83 bits per heavy atom. The predicted octanol–water partition coefficient (Wildman–Crippen LogP) is 1.71. The minimum atomic E-state index is 0.147. The van der Waals surface area contributed by atoms with Crippen molar-refractivity contribution < 1.29 is 4.79 Å². The van der Waals surface area contributed by atoms with E-state index in [2.05, 4.69) is 18.2 Å². The molecule has 0 saturated heterocycles. The van der Waals surface area contributed by atoms with Crippen LogP contribution in [0.5, 0.6) is 0 Å². The Labute approximate surface area is 74.7 Å². The number of terminal acetylenes is 1. The number of amides is 1. The van der Waals surface area contributed by atoms with Gasteiger partial charge in [0.25, 0.3) is 0 Å². The molecule has 0 aromatic heterocycles. The first-order valence-corrected chi connectivity index (χ1v) is 4.51. The SMILES string of the molecule is C#CCCCNC(=O)CCCC. The van der Waals surface area contributed by atoms with Gasteiger partial charge >= 0.3 is 0 Å². The van der Waals surface area contributed by atoms with Gasteiger partial charge in [0.15, 0.2) is 0 Å². The normalized spacial score (nSPS) is 9.00. The van der Waals surface area contributed by atoms with Gasteiger partial charge in [-0.3, -0.25) is 4.79 Å². The van der Waals surface area contributed by atoms with Gasteiger partial charge in [0.05, 0.1) is 0 Å². The van der Waals surface area contributed by atoms with Gasteiger partial charge in [-0.1, -0.05) is 13.3 Å². The van der Waals surface area contributed by atoms with E-state index in [4.69, 9.17) is 6.42 Å². The van der Waals surface area contributed by atoms with E-state index in [-0.39, 0.29) is 5.91 Å². The molecule has 1 amide bonds. The number of hydrogen-bond donors (Lipinski definition) is 1. The molecule has 0 aliphatic heterocycles. The molecular formula is C10H17NO. The molecule has 2 heteroatoms. The number of hydrogen-bond acceptors (Lipinski definition) is 1. The third-order valence-corrected chi connectivity index (χ3v) is 1.58. The number of nitrogens with one attached hydrogen (secondary N) is 1. The van der Waals surface area contributed by atoms with Crippen molar-refractivity contribution in [2.75, 3.05) is 6.54 Å². The molecular weight excluding hydrogens is 150 g/mol. The minimum Gasteiger partial charge on any atom is -0.356 e. The predicted molar refractivity (Wildman–Crippen MR) is 50.6 cm³/mol. The highest BCUT2D eigenvalue weighted by atomic mass is 16.1. The molecule has 0 aliphatic carbocycles. The van der Waals surface area contributed by atoms with Crippen molar-refractivity contribution in [2.45, 2.75) is 39.0 Å². The number of carbonyl (C=O) groups is 1. The molecule has 0 spiro atoms. The second-order valence-corrected chi connectivity index (χ2v) is 2.76. The molecule has 0 aliphatic rings. The average Bonchev–Trinajstić information content (AvgIpc) is 2.09. The Hall–Kier alpha value is -0.970. The zero-order chi connectivity index (χ0) is 9.23. The van der Waals surface area contributed by atoms with Gasteiger partial charge in [-0.2, -0.15) is 0 Å². The first-order chi connectivity index (χ1) is 5.81. The van der Waals surface area contributed by atoms with E-state index in [0.29, 0.717) is 13.0 Å². The molecule has 0 aromatic carbocycles. The Morgan fingerprint density at radius 2 is 2.25 bits per heavy atom. The molecule has 1 N–H and O–H groups in total. The van der Waals surface area contributed by atoms with Crippen LogP contribution in [-0.4, -0.2) is 12.5 Å². The van der Waals surface area contributed by atoms with Crippen molar-refractivity contribution in [2.24, 2.45) is 0 Å². The summed E-state index contributed by atoms with van der Waals surface area (Å²) in [7, 11) is 0. The molecule has 0 aromatic rings. The summed E-state index contributed by atoms with van der Waals surface area (Å²) in [4.78, 5) is 11.0. The fraction of sp³-hybridized carbons (Fsp3) is 0.700. The van der Waals surface area contributed by atoms with Gasteiger partial charge in [-0.25, -0.2) is 0 Å². The highest BCUT2D eigenvalue weighted by Crippen LogP contribution is 1.93. The summed E-state index contributed by atoms with van der Waals surface area (Å²) >= 11 is 0. The van der Waals surface area contributed by atoms with E-state index < -0.39 is 0 Å². The van der Waals surface area contributed by atoms with Gasteiger partial charge in [0, 0.05) is 19.4 Å². The summed E-state index contributed by atoms with van der Waals surface area (Å²) < 4.78 is 0. The smallest absolute Gasteiger partial charge is 0.219 e. The van der Waals surface area contributed by atoms with Gasteiger partial charge in [-0.15, -0.1) is 12.3 Å². The van der Waals surface area contributed by atoms with E-state index in [1.54, 1.807) is 0 Å². The standard InChI is InChI=1S/C10H17NO/c1-3-5-7-9-11-10(12)8-6-4-2/h1H,4-9H2,2H3,(H,11,12). The van der Waals surface area contributed by atoms with Crippen molar-refractivity contribution in [3.05, 3.63) is 0 Å². The Morgan fingerprint density at radius 1 is 1.50 bits per heavy atom. The van der Waals surface area contributed by atoms with Crippen molar-refractivity contribution in [1.29, 1.82) is 0 Å². The first-order valence-electron chi connectivity index (χ1n) is 4.51. The van der Waals surface area contributed by atoms with Crippen LogP contribution in [0.4, 0.5) is 0 Å². The van der Waals surface area contributed by atoms with Gasteiger partial charge in [0.1, 0.15) is 0 Å². The van der Waals surface area contributed by atoms with E-state index in [9.17, 15) is 4.79 Å². The molecule has 68 valence electrons. The van der Waals surface area contributed by atoms with Crippen LogP contribution in [0.1, 0.15) is 39.0 Å². The van der Waals surface area contributed by atoms with E-state index in [0.717, 1.165) is 25.7 Å². The molecule has 0 saturated carbocycles. The lowest BCUT2D eigenvalue weighted by Gasteiger charge is -2.01. The fourth-order valence-corrected chi connectivity index (χ4v) is 0.844. The molecule has 0 unspecified atom stereocenters. The molecule has 0 rings (SSSR count). The van der Waals surface area contributed by atoms with Crippen molar-refractivity contribution in [3.8, 4) is 12.3 Å². The lowest BCUT2D eigenvalue weighted by atomic mass is 10.2. The Bertz CT molecular complexity index is 158. The van der Waals surface area contributed by atoms with Crippen LogP contribution in [0.2, 0.25) is 0 Å². The second-order valence-electron chi connectivity index (χ2n) is 2.76. The maximum absolute atomic E-state index is 11.0. The third kappa shape index (κ3) is 7.14. The van der Waals surface area contributed by atoms with Crippen LogP contribution < -0.4 is 5.32 Å². The molecule has 0 radical (unpaired) electrons. The zero-order valence-electron chi connectivity index (χ0n) is 7.73. The summed E-state index contributed by atoms with van der Waals surface area (Å²) in [5.41, 5.74) is 0. The van der Waals surface area contributed by atoms with Crippen LogP contribution in [0.15, 0.2) is 0 Å². The fourth-order valence-electron chi connectivity index (χ4n) is 0.844. The summed E-state index contributed by atoms with van der Waals surface area (Å²) in [6.45, 7) is 2.79. The van der Waals surface area contributed by atoms with Crippen molar-refractivity contribution in [1.82, 2.24) is 5.32 Å². The minimum absolute atomic E-state index is 0.147. The third-order valence-electron chi connectivity index (χ3n) is 1.58. The maximum atomic E-state index is 11.0. The van der Waals surface area contributed by atoms with Crippen LogP contribution in [0, 0.1) is 12.3 Å². The number of carbonyl (C=O) groups excluding carboxylic acids is 1. The van der Waals surface area contributed by atoms with Gasteiger partial charge in [0.2, 0.25) is 5.91 Å². The molecule has 0 fully saturated rings. The molecule has 0 heterocycles.